The number of benzene rings is 1. The van der Waals surface area contributed by atoms with Gasteiger partial charge in [0.1, 0.15) is 16.8 Å². The molecule has 27 heavy (non-hydrogen) atoms. The SMILES string of the molecule is CN1C(=N)N[C@@](C)(c2cc([N+](=O)[O-])c(-c3ccc(F)c(C#N)c3)s2)CC1=O. The number of nitrogens with zero attached hydrogens (tertiary/aromatic N) is 3. The van der Waals surface area contributed by atoms with Crippen LogP contribution >= 0.6 is 11.3 Å². The van der Waals surface area contributed by atoms with Gasteiger partial charge in [-0.05, 0) is 19.1 Å². The summed E-state index contributed by atoms with van der Waals surface area (Å²) in [5.74, 6) is -1.09. The zero-order valence-electron chi connectivity index (χ0n) is 14.4. The fraction of sp³-hybridized carbons (Fsp3) is 0.235. The molecule has 2 N–H and O–H groups in total. The lowest BCUT2D eigenvalue weighted by Crippen LogP contribution is -2.57. The Morgan fingerprint density at radius 2 is 2.19 bits per heavy atom. The molecule has 1 aromatic heterocycles. The number of carbonyl (C=O) groups excluding carboxylic acids is 1. The molecule has 2 heterocycles. The second-order valence-corrected chi connectivity index (χ2v) is 7.38. The Balaban J connectivity index is 2.12. The summed E-state index contributed by atoms with van der Waals surface area (Å²) in [5, 5.41) is 31.4. The Morgan fingerprint density at radius 3 is 2.78 bits per heavy atom. The smallest absolute Gasteiger partial charge is 0.288 e. The number of hydrogen-bond donors (Lipinski definition) is 2. The van der Waals surface area contributed by atoms with E-state index < -0.39 is 16.3 Å². The van der Waals surface area contributed by atoms with Crippen LogP contribution in [-0.2, 0) is 10.3 Å². The Kier molecular flexibility index (Phi) is 4.41. The van der Waals surface area contributed by atoms with Crippen LogP contribution in [0.2, 0.25) is 0 Å². The van der Waals surface area contributed by atoms with Gasteiger partial charge in [0.2, 0.25) is 5.91 Å². The summed E-state index contributed by atoms with van der Waals surface area (Å²) in [6, 6.07) is 6.79. The number of amides is 1. The summed E-state index contributed by atoms with van der Waals surface area (Å²) >= 11 is 1.07. The molecule has 8 nitrogen and oxygen atoms in total. The molecule has 10 heteroatoms. The van der Waals surface area contributed by atoms with Crippen LogP contribution < -0.4 is 5.32 Å². The van der Waals surface area contributed by atoms with Crippen LogP contribution in [0.1, 0.15) is 23.8 Å². The molecule has 3 rings (SSSR count). The molecule has 1 aromatic carbocycles. The molecule has 0 spiro atoms. The van der Waals surface area contributed by atoms with Gasteiger partial charge < -0.3 is 5.32 Å². The molecular formula is C17H14FN5O3S. The standard InChI is InChI=1S/C17H14FN5O3S/c1-17(7-14(24)22(2)16(20)21-17)13-6-12(23(25)26)15(27-13)9-3-4-11(18)10(5-9)8-19/h3-6H,7H2,1-2H3,(H2,20,21)/t17-/m1/s1. The van der Waals surface area contributed by atoms with E-state index in [-0.39, 0.29) is 34.4 Å². The number of nitro groups is 1. The van der Waals surface area contributed by atoms with Crippen LogP contribution in [0.4, 0.5) is 10.1 Å². The molecule has 1 fully saturated rings. The lowest BCUT2D eigenvalue weighted by Gasteiger charge is -2.38. The van der Waals surface area contributed by atoms with Crippen molar-refractivity contribution >= 4 is 28.9 Å². The van der Waals surface area contributed by atoms with E-state index in [1.807, 2.05) is 0 Å². The lowest BCUT2D eigenvalue weighted by molar-refractivity contribution is -0.383. The second kappa shape index (κ2) is 6.44. The van der Waals surface area contributed by atoms with E-state index in [9.17, 15) is 19.3 Å². The van der Waals surface area contributed by atoms with Gasteiger partial charge in [-0.15, -0.1) is 11.3 Å². The first-order chi connectivity index (χ1) is 12.7. The summed E-state index contributed by atoms with van der Waals surface area (Å²) in [4.78, 5) is 25.0. The van der Waals surface area contributed by atoms with Crippen LogP contribution in [-0.4, -0.2) is 28.7 Å². The average molecular weight is 387 g/mol. The van der Waals surface area contributed by atoms with E-state index in [1.165, 1.54) is 30.1 Å². The average Bonchev–Trinajstić information content (AvgIpc) is 3.06. The highest BCUT2D eigenvalue weighted by atomic mass is 32.1. The first-order valence-corrected chi connectivity index (χ1v) is 8.60. The maximum absolute atomic E-state index is 13.6. The number of thiophene rings is 1. The van der Waals surface area contributed by atoms with Gasteiger partial charge >= 0.3 is 0 Å². The third-order valence-electron chi connectivity index (χ3n) is 4.41. The minimum absolute atomic E-state index is 0.0237. The van der Waals surface area contributed by atoms with Crippen molar-refractivity contribution in [3.05, 3.63) is 50.6 Å². The molecule has 0 bridgehead atoms. The molecule has 0 saturated carbocycles. The van der Waals surface area contributed by atoms with Gasteiger partial charge in [0, 0.05) is 23.6 Å². The normalized spacial score (nSPS) is 19.6. The maximum atomic E-state index is 13.6. The first kappa shape index (κ1) is 18.5. The number of guanidine groups is 1. The van der Waals surface area contributed by atoms with Gasteiger partial charge in [0.15, 0.2) is 5.96 Å². The van der Waals surface area contributed by atoms with Crippen molar-refractivity contribution in [1.82, 2.24) is 10.2 Å². The highest BCUT2D eigenvalue weighted by Gasteiger charge is 2.40. The third kappa shape index (κ3) is 3.13. The predicted molar refractivity (Wildman–Crippen MR) is 96.7 cm³/mol. The molecule has 1 atom stereocenters. The summed E-state index contributed by atoms with van der Waals surface area (Å²) in [5.41, 5.74) is -1.05. The molecule has 1 saturated heterocycles. The number of halogens is 1. The molecule has 0 unspecified atom stereocenters. The van der Waals surface area contributed by atoms with Gasteiger partial charge in [-0.1, -0.05) is 6.07 Å². The van der Waals surface area contributed by atoms with Crippen molar-refractivity contribution in [2.75, 3.05) is 7.05 Å². The van der Waals surface area contributed by atoms with E-state index in [0.717, 1.165) is 17.4 Å². The fourth-order valence-electron chi connectivity index (χ4n) is 2.83. The summed E-state index contributed by atoms with van der Waals surface area (Å²) in [6.45, 7) is 1.69. The van der Waals surface area contributed by atoms with Gasteiger partial charge in [-0.25, -0.2) is 4.39 Å². The molecule has 2 aromatic rings. The van der Waals surface area contributed by atoms with Gasteiger partial charge in [-0.2, -0.15) is 5.26 Å². The molecule has 1 amide bonds. The van der Waals surface area contributed by atoms with Crippen molar-refractivity contribution in [3.8, 4) is 16.5 Å². The van der Waals surface area contributed by atoms with Gasteiger partial charge in [0.05, 0.1) is 22.4 Å². The van der Waals surface area contributed by atoms with Crippen molar-refractivity contribution < 1.29 is 14.1 Å². The van der Waals surface area contributed by atoms with Crippen LogP contribution in [0.5, 0.6) is 0 Å². The van der Waals surface area contributed by atoms with Gasteiger partial charge in [0.25, 0.3) is 5.69 Å². The Hall–Kier alpha value is -3.32. The number of rotatable bonds is 3. The monoisotopic (exact) mass is 387 g/mol. The van der Waals surface area contributed by atoms with Crippen LogP contribution in [0.25, 0.3) is 10.4 Å². The first-order valence-electron chi connectivity index (χ1n) is 7.78. The second-order valence-electron chi connectivity index (χ2n) is 6.32. The van der Waals surface area contributed by atoms with Crippen molar-refractivity contribution in [2.24, 2.45) is 0 Å². The molecular weight excluding hydrogens is 373 g/mol. The summed E-state index contributed by atoms with van der Waals surface area (Å²) < 4.78 is 13.6. The zero-order valence-corrected chi connectivity index (χ0v) is 15.2. The van der Waals surface area contributed by atoms with Crippen molar-refractivity contribution in [1.29, 1.82) is 10.7 Å². The Bertz CT molecular complexity index is 1010. The molecule has 138 valence electrons. The van der Waals surface area contributed by atoms with E-state index >= 15 is 0 Å². The number of carbonyl (C=O) groups is 1. The molecule has 0 aliphatic carbocycles. The van der Waals surface area contributed by atoms with Crippen molar-refractivity contribution in [2.45, 2.75) is 18.9 Å². The van der Waals surface area contributed by atoms with E-state index in [1.54, 1.807) is 13.0 Å². The topological polar surface area (TPSA) is 123 Å². The van der Waals surface area contributed by atoms with Crippen LogP contribution in [0.15, 0.2) is 24.3 Å². The highest BCUT2D eigenvalue weighted by molar-refractivity contribution is 7.16. The van der Waals surface area contributed by atoms with Crippen molar-refractivity contribution in [3.63, 3.8) is 0 Å². The number of nitriles is 1. The zero-order chi connectivity index (χ0) is 19.9. The quantitative estimate of drug-likeness (QED) is 0.619. The third-order valence-corrected chi connectivity index (χ3v) is 5.85. The van der Waals surface area contributed by atoms with E-state index in [0.29, 0.717) is 10.4 Å². The Labute approximate surface area is 157 Å². The van der Waals surface area contributed by atoms with E-state index in [4.69, 9.17) is 10.7 Å². The number of nitrogens with one attached hydrogen (secondary N) is 2. The fourth-order valence-corrected chi connectivity index (χ4v) is 4.05. The Morgan fingerprint density at radius 1 is 1.48 bits per heavy atom. The van der Waals surface area contributed by atoms with E-state index in [2.05, 4.69) is 5.32 Å². The number of hydrogen-bond acceptors (Lipinski definition) is 6. The summed E-state index contributed by atoms with van der Waals surface area (Å²) in [7, 11) is 1.47. The molecule has 1 aliphatic heterocycles. The van der Waals surface area contributed by atoms with Crippen LogP contribution in [0.3, 0.4) is 0 Å². The maximum Gasteiger partial charge on any atom is 0.288 e. The van der Waals surface area contributed by atoms with Crippen LogP contribution in [0, 0.1) is 32.7 Å². The minimum Gasteiger partial charge on any atom is -0.345 e. The van der Waals surface area contributed by atoms with Gasteiger partial charge in [-0.3, -0.25) is 25.2 Å². The predicted octanol–water partition coefficient (Wildman–Crippen LogP) is 2.94. The minimum atomic E-state index is -0.980. The highest BCUT2D eigenvalue weighted by Crippen LogP contribution is 2.44. The lowest BCUT2D eigenvalue weighted by atomic mass is 9.93. The summed E-state index contributed by atoms with van der Waals surface area (Å²) in [6.07, 6.45) is 0.0237. The largest absolute Gasteiger partial charge is 0.345 e. The molecule has 0 radical (unpaired) electrons. The molecule has 1 aliphatic rings.